The van der Waals surface area contributed by atoms with E-state index in [-0.39, 0.29) is 6.54 Å². The minimum absolute atomic E-state index is 0.0625. The van der Waals surface area contributed by atoms with Crippen molar-refractivity contribution in [2.75, 3.05) is 33.2 Å². The fraction of sp³-hybridized carbons (Fsp3) is 1.00. The monoisotopic (exact) mass is 190 g/mol. The standard InChI is InChI=1S/C9H16F2N2/c1-13-6-8(9(10,11)7-13)2-4-12-5-3-8/h12H,2-7H2,1H3. The van der Waals surface area contributed by atoms with E-state index in [0.29, 0.717) is 19.4 Å². The van der Waals surface area contributed by atoms with E-state index >= 15 is 0 Å². The van der Waals surface area contributed by atoms with Crippen LogP contribution in [0.1, 0.15) is 12.8 Å². The van der Waals surface area contributed by atoms with Crippen LogP contribution in [0.15, 0.2) is 0 Å². The van der Waals surface area contributed by atoms with Crippen LogP contribution in [0.5, 0.6) is 0 Å². The first-order chi connectivity index (χ1) is 6.06. The second-order valence-corrected chi connectivity index (χ2v) is 4.41. The summed E-state index contributed by atoms with van der Waals surface area (Å²) in [7, 11) is 1.78. The Morgan fingerprint density at radius 1 is 1.15 bits per heavy atom. The number of hydrogen-bond acceptors (Lipinski definition) is 2. The molecular formula is C9H16F2N2. The van der Waals surface area contributed by atoms with Gasteiger partial charge in [-0.1, -0.05) is 0 Å². The van der Waals surface area contributed by atoms with Gasteiger partial charge in [0.05, 0.1) is 12.0 Å². The van der Waals surface area contributed by atoms with Crippen LogP contribution in [0.4, 0.5) is 8.78 Å². The average molecular weight is 190 g/mol. The highest BCUT2D eigenvalue weighted by molar-refractivity contribution is 5.03. The van der Waals surface area contributed by atoms with Gasteiger partial charge in [-0.3, -0.25) is 4.90 Å². The lowest BCUT2D eigenvalue weighted by molar-refractivity contribution is -0.0971. The van der Waals surface area contributed by atoms with E-state index in [4.69, 9.17) is 0 Å². The minimum atomic E-state index is -2.48. The van der Waals surface area contributed by atoms with Crippen molar-refractivity contribution in [2.24, 2.45) is 5.41 Å². The zero-order chi connectivity index (χ0) is 9.53. The van der Waals surface area contributed by atoms with Gasteiger partial charge in [0.2, 0.25) is 0 Å². The maximum atomic E-state index is 13.7. The molecule has 0 radical (unpaired) electrons. The van der Waals surface area contributed by atoms with Crippen molar-refractivity contribution >= 4 is 0 Å². The van der Waals surface area contributed by atoms with Gasteiger partial charge >= 0.3 is 0 Å². The number of rotatable bonds is 0. The Bertz CT molecular complexity index is 200. The van der Waals surface area contributed by atoms with E-state index in [0.717, 1.165) is 13.1 Å². The predicted octanol–water partition coefficient (Wildman–Crippen LogP) is 0.937. The molecule has 0 saturated carbocycles. The molecule has 2 saturated heterocycles. The molecule has 0 unspecified atom stereocenters. The van der Waals surface area contributed by atoms with Crippen LogP contribution in [0, 0.1) is 5.41 Å². The summed E-state index contributed by atoms with van der Waals surface area (Å²) in [6.45, 7) is 1.97. The highest BCUT2D eigenvalue weighted by atomic mass is 19.3. The molecule has 2 rings (SSSR count). The number of alkyl halides is 2. The van der Waals surface area contributed by atoms with Crippen LogP contribution in [0.3, 0.4) is 0 Å². The minimum Gasteiger partial charge on any atom is -0.317 e. The van der Waals surface area contributed by atoms with E-state index in [1.54, 1.807) is 11.9 Å². The van der Waals surface area contributed by atoms with Crippen molar-refractivity contribution in [3.63, 3.8) is 0 Å². The van der Waals surface area contributed by atoms with Gasteiger partial charge in [-0.25, -0.2) is 8.78 Å². The number of hydrogen-bond donors (Lipinski definition) is 1. The normalized spacial score (nSPS) is 32.5. The van der Waals surface area contributed by atoms with Crippen molar-refractivity contribution in [2.45, 2.75) is 18.8 Å². The lowest BCUT2D eigenvalue weighted by Gasteiger charge is -2.37. The van der Waals surface area contributed by atoms with Crippen molar-refractivity contribution in [1.82, 2.24) is 10.2 Å². The molecule has 0 atom stereocenters. The summed E-state index contributed by atoms with van der Waals surface area (Å²) in [4.78, 5) is 1.76. The molecular weight excluding hydrogens is 174 g/mol. The Balaban J connectivity index is 2.19. The molecule has 1 N–H and O–H groups in total. The molecule has 2 nitrogen and oxygen atoms in total. The van der Waals surface area contributed by atoms with Gasteiger partial charge in [0.25, 0.3) is 5.92 Å². The van der Waals surface area contributed by atoms with Crippen molar-refractivity contribution < 1.29 is 8.78 Å². The van der Waals surface area contributed by atoms with Gasteiger partial charge in [-0.15, -0.1) is 0 Å². The zero-order valence-corrected chi connectivity index (χ0v) is 7.95. The summed E-state index contributed by atoms with van der Waals surface area (Å²) >= 11 is 0. The topological polar surface area (TPSA) is 15.3 Å². The molecule has 0 aliphatic carbocycles. The maximum Gasteiger partial charge on any atom is 0.267 e. The molecule has 2 aliphatic heterocycles. The molecule has 2 aliphatic rings. The summed E-state index contributed by atoms with van der Waals surface area (Å²) in [5.41, 5.74) is -0.729. The quantitative estimate of drug-likeness (QED) is 0.611. The summed E-state index contributed by atoms with van der Waals surface area (Å²) in [5.74, 6) is -2.48. The van der Waals surface area contributed by atoms with E-state index in [1.165, 1.54) is 0 Å². The molecule has 0 aromatic carbocycles. The van der Waals surface area contributed by atoms with Crippen LogP contribution in [-0.4, -0.2) is 44.0 Å². The van der Waals surface area contributed by atoms with Crippen LogP contribution >= 0.6 is 0 Å². The van der Waals surface area contributed by atoms with Gasteiger partial charge in [-0.05, 0) is 33.0 Å². The van der Waals surface area contributed by atoms with Crippen molar-refractivity contribution in [1.29, 1.82) is 0 Å². The van der Waals surface area contributed by atoms with Crippen LogP contribution in [-0.2, 0) is 0 Å². The van der Waals surface area contributed by atoms with Crippen LogP contribution < -0.4 is 5.32 Å². The molecule has 13 heavy (non-hydrogen) atoms. The molecule has 0 aromatic rings. The van der Waals surface area contributed by atoms with Gasteiger partial charge in [0, 0.05) is 6.54 Å². The Hall–Kier alpha value is -0.220. The molecule has 4 heteroatoms. The summed E-state index contributed by atoms with van der Waals surface area (Å²) in [6, 6.07) is 0. The summed E-state index contributed by atoms with van der Waals surface area (Å²) < 4.78 is 27.3. The molecule has 0 aromatic heterocycles. The fourth-order valence-electron chi connectivity index (χ4n) is 2.62. The highest BCUT2D eigenvalue weighted by Crippen LogP contribution is 2.48. The smallest absolute Gasteiger partial charge is 0.267 e. The molecule has 1 spiro atoms. The Morgan fingerprint density at radius 2 is 1.77 bits per heavy atom. The van der Waals surface area contributed by atoms with E-state index in [1.807, 2.05) is 0 Å². The van der Waals surface area contributed by atoms with Gasteiger partial charge in [-0.2, -0.15) is 0 Å². The molecule has 0 bridgehead atoms. The zero-order valence-electron chi connectivity index (χ0n) is 7.95. The lowest BCUT2D eigenvalue weighted by atomic mass is 9.76. The third-order valence-corrected chi connectivity index (χ3v) is 3.38. The molecule has 2 heterocycles. The first kappa shape index (κ1) is 9.34. The maximum absolute atomic E-state index is 13.7. The van der Waals surface area contributed by atoms with Crippen LogP contribution in [0.2, 0.25) is 0 Å². The van der Waals surface area contributed by atoms with Gasteiger partial charge < -0.3 is 5.32 Å². The Morgan fingerprint density at radius 3 is 2.23 bits per heavy atom. The fourth-order valence-corrected chi connectivity index (χ4v) is 2.62. The molecule has 2 fully saturated rings. The number of nitrogens with one attached hydrogen (secondary N) is 1. The Kier molecular flexibility index (Phi) is 2.07. The molecule has 0 amide bonds. The lowest BCUT2D eigenvalue weighted by Crippen LogP contribution is -2.47. The first-order valence-electron chi connectivity index (χ1n) is 4.83. The SMILES string of the molecule is CN1CC(F)(F)C2(CCNCC2)C1. The largest absolute Gasteiger partial charge is 0.317 e. The van der Waals surface area contributed by atoms with E-state index in [9.17, 15) is 8.78 Å². The van der Waals surface area contributed by atoms with Crippen LogP contribution in [0.25, 0.3) is 0 Å². The summed E-state index contributed by atoms with van der Waals surface area (Å²) in [6.07, 6.45) is 1.23. The number of halogens is 2. The second kappa shape index (κ2) is 2.89. The number of piperidine rings is 1. The van der Waals surface area contributed by atoms with E-state index < -0.39 is 11.3 Å². The van der Waals surface area contributed by atoms with Gasteiger partial charge in [0.15, 0.2) is 0 Å². The number of nitrogens with zero attached hydrogens (tertiary/aromatic N) is 1. The summed E-state index contributed by atoms with van der Waals surface area (Å²) in [5, 5.41) is 3.14. The van der Waals surface area contributed by atoms with Crippen molar-refractivity contribution in [3.05, 3.63) is 0 Å². The number of likely N-dealkylation sites (tertiary alicyclic amines) is 1. The third kappa shape index (κ3) is 1.36. The molecule has 76 valence electrons. The second-order valence-electron chi connectivity index (χ2n) is 4.41. The third-order valence-electron chi connectivity index (χ3n) is 3.38. The first-order valence-corrected chi connectivity index (χ1v) is 4.83. The van der Waals surface area contributed by atoms with E-state index in [2.05, 4.69) is 5.32 Å². The highest BCUT2D eigenvalue weighted by Gasteiger charge is 2.58. The average Bonchev–Trinajstić information content (AvgIpc) is 2.23. The Labute approximate surface area is 77.3 Å². The van der Waals surface area contributed by atoms with Crippen molar-refractivity contribution in [3.8, 4) is 0 Å². The predicted molar refractivity (Wildman–Crippen MR) is 47.0 cm³/mol. The van der Waals surface area contributed by atoms with Gasteiger partial charge in [0.1, 0.15) is 0 Å².